The molecule has 1 N–H and O–H groups in total. The summed E-state index contributed by atoms with van der Waals surface area (Å²) in [5.41, 5.74) is 0. The van der Waals surface area contributed by atoms with E-state index < -0.39 is 22.7 Å². The quantitative estimate of drug-likeness (QED) is 0.713. The first-order valence-corrected chi connectivity index (χ1v) is 6.57. The van der Waals surface area contributed by atoms with Crippen molar-refractivity contribution < 1.29 is 14.1 Å². The van der Waals surface area contributed by atoms with Gasteiger partial charge in [0.1, 0.15) is 0 Å². The van der Waals surface area contributed by atoms with Gasteiger partial charge < -0.3 is 5.11 Å². The molecule has 0 saturated carbocycles. The third kappa shape index (κ3) is 5.37. The van der Waals surface area contributed by atoms with Crippen LogP contribution in [0, 0.1) is 11.8 Å². The Balaban J connectivity index is 3.91. The van der Waals surface area contributed by atoms with Gasteiger partial charge in [-0.25, -0.2) is 0 Å². The molecule has 3 nitrogen and oxygen atoms in total. The zero-order chi connectivity index (χ0) is 11.1. The van der Waals surface area contributed by atoms with Crippen LogP contribution in [0.25, 0.3) is 0 Å². The normalized spacial score (nSPS) is 15.4. The fourth-order valence-electron chi connectivity index (χ4n) is 1.21. The summed E-state index contributed by atoms with van der Waals surface area (Å²) < 4.78 is 11.5. The molecule has 2 atom stereocenters. The van der Waals surface area contributed by atoms with Crippen LogP contribution < -0.4 is 0 Å². The van der Waals surface area contributed by atoms with Gasteiger partial charge in [0.2, 0.25) is 0 Å². The molecule has 0 aliphatic rings. The Hall–Kier alpha value is -0.380. The molecule has 4 heteroatoms. The maximum Gasteiger partial charge on any atom is 0.307 e. The van der Waals surface area contributed by atoms with Crippen molar-refractivity contribution in [1.29, 1.82) is 0 Å². The average Bonchev–Trinajstić information content (AvgIpc) is 2.13. The summed E-state index contributed by atoms with van der Waals surface area (Å²) in [7, 11) is -0.981. The summed E-state index contributed by atoms with van der Waals surface area (Å²) >= 11 is 0. The molecule has 0 spiro atoms. The highest BCUT2D eigenvalue weighted by Gasteiger charge is 2.16. The van der Waals surface area contributed by atoms with E-state index in [1.54, 1.807) is 6.92 Å². The Kier molecular flexibility index (Phi) is 6.79. The van der Waals surface area contributed by atoms with Crippen LogP contribution in [0.1, 0.15) is 33.6 Å². The van der Waals surface area contributed by atoms with Gasteiger partial charge in [-0.15, -0.1) is 0 Å². The molecular weight excluding hydrogens is 200 g/mol. The zero-order valence-corrected chi connectivity index (χ0v) is 9.97. The highest BCUT2D eigenvalue weighted by molar-refractivity contribution is 7.85. The largest absolute Gasteiger partial charge is 0.481 e. The third-order valence-electron chi connectivity index (χ3n) is 2.43. The summed E-state index contributed by atoms with van der Waals surface area (Å²) in [6, 6.07) is 0. The van der Waals surface area contributed by atoms with Gasteiger partial charge >= 0.3 is 5.97 Å². The molecule has 0 aliphatic heterocycles. The summed E-state index contributed by atoms with van der Waals surface area (Å²) in [6.45, 7) is 5.76. The molecule has 0 rings (SSSR count). The van der Waals surface area contributed by atoms with E-state index in [9.17, 15) is 9.00 Å². The molecule has 0 radical (unpaired) electrons. The van der Waals surface area contributed by atoms with Crippen LogP contribution in [0.2, 0.25) is 0 Å². The van der Waals surface area contributed by atoms with E-state index >= 15 is 0 Å². The monoisotopic (exact) mass is 220 g/mol. The highest BCUT2D eigenvalue weighted by atomic mass is 32.2. The van der Waals surface area contributed by atoms with Gasteiger partial charge in [0.05, 0.1) is 5.92 Å². The van der Waals surface area contributed by atoms with Crippen LogP contribution in [0.5, 0.6) is 0 Å². The first-order chi connectivity index (χ1) is 6.51. The first-order valence-electron chi connectivity index (χ1n) is 5.08. The van der Waals surface area contributed by atoms with Gasteiger partial charge in [-0.2, -0.15) is 0 Å². The van der Waals surface area contributed by atoms with Crippen molar-refractivity contribution in [2.75, 3.05) is 11.5 Å². The Morgan fingerprint density at radius 1 is 1.29 bits per heavy atom. The lowest BCUT2D eigenvalue weighted by atomic mass is 10.1. The van der Waals surface area contributed by atoms with Gasteiger partial charge in [-0.05, 0) is 5.92 Å². The van der Waals surface area contributed by atoms with Crippen molar-refractivity contribution >= 4 is 16.8 Å². The second-order valence-corrected chi connectivity index (χ2v) is 5.24. The minimum Gasteiger partial charge on any atom is -0.481 e. The Bertz CT molecular complexity index is 200. The van der Waals surface area contributed by atoms with Crippen molar-refractivity contribution in [3.05, 3.63) is 0 Å². The Morgan fingerprint density at radius 3 is 2.14 bits per heavy atom. The van der Waals surface area contributed by atoms with E-state index in [-0.39, 0.29) is 5.75 Å². The molecule has 0 aromatic rings. The fourth-order valence-corrected chi connectivity index (χ4v) is 3.04. The molecule has 0 aliphatic carbocycles. The highest BCUT2D eigenvalue weighted by Crippen LogP contribution is 2.10. The SMILES string of the molecule is CCC(CC)CS(=O)CC(C)C(=O)O. The van der Waals surface area contributed by atoms with Crippen molar-refractivity contribution in [3.8, 4) is 0 Å². The van der Waals surface area contributed by atoms with Crippen LogP contribution in [0.3, 0.4) is 0 Å². The molecular formula is C10H20O3S. The smallest absolute Gasteiger partial charge is 0.307 e. The lowest BCUT2D eigenvalue weighted by Gasteiger charge is -2.12. The van der Waals surface area contributed by atoms with Gasteiger partial charge in [-0.1, -0.05) is 33.6 Å². The molecule has 84 valence electrons. The summed E-state index contributed by atoms with van der Waals surface area (Å²) in [4.78, 5) is 10.5. The summed E-state index contributed by atoms with van der Waals surface area (Å²) in [5.74, 6) is 0.0427. The molecule has 2 unspecified atom stereocenters. The molecule has 0 amide bonds. The lowest BCUT2D eigenvalue weighted by Crippen LogP contribution is -2.21. The maximum atomic E-state index is 11.5. The van der Waals surface area contributed by atoms with Crippen molar-refractivity contribution in [2.24, 2.45) is 11.8 Å². The number of hydrogen-bond acceptors (Lipinski definition) is 2. The second-order valence-electron chi connectivity index (χ2n) is 3.69. The number of hydrogen-bond donors (Lipinski definition) is 1. The topological polar surface area (TPSA) is 54.4 Å². The Morgan fingerprint density at radius 2 is 1.79 bits per heavy atom. The molecule has 0 bridgehead atoms. The third-order valence-corrected chi connectivity index (χ3v) is 4.15. The average molecular weight is 220 g/mol. The van der Waals surface area contributed by atoms with E-state index in [0.717, 1.165) is 12.8 Å². The zero-order valence-electron chi connectivity index (χ0n) is 9.16. The number of rotatable bonds is 7. The predicted octanol–water partition coefficient (Wildman–Crippen LogP) is 1.89. The fraction of sp³-hybridized carbons (Fsp3) is 0.900. The number of aliphatic carboxylic acids is 1. The van der Waals surface area contributed by atoms with Crippen LogP contribution in [0.4, 0.5) is 0 Å². The van der Waals surface area contributed by atoms with Gasteiger partial charge in [0.15, 0.2) is 0 Å². The van der Waals surface area contributed by atoms with E-state index in [0.29, 0.717) is 11.7 Å². The van der Waals surface area contributed by atoms with Crippen LogP contribution in [-0.2, 0) is 15.6 Å². The van der Waals surface area contributed by atoms with Crippen LogP contribution in [-0.4, -0.2) is 26.8 Å². The van der Waals surface area contributed by atoms with Crippen LogP contribution in [0.15, 0.2) is 0 Å². The molecule has 0 saturated heterocycles. The molecule has 0 aromatic heterocycles. The standard InChI is InChI=1S/C10H20O3S/c1-4-9(5-2)7-14(13)6-8(3)10(11)12/h8-9H,4-7H2,1-3H3,(H,11,12). The van der Waals surface area contributed by atoms with E-state index in [1.165, 1.54) is 0 Å². The molecule has 0 aromatic carbocycles. The van der Waals surface area contributed by atoms with Crippen molar-refractivity contribution in [2.45, 2.75) is 33.6 Å². The minimum absolute atomic E-state index is 0.284. The summed E-state index contributed by atoms with van der Waals surface area (Å²) in [6.07, 6.45) is 2.04. The van der Waals surface area contributed by atoms with Crippen molar-refractivity contribution in [3.63, 3.8) is 0 Å². The summed E-state index contributed by atoms with van der Waals surface area (Å²) in [5, 5.41) is 8.64. The molecule has 0 fully saturated rings. The first kappa shape index (κ1) is 13.6. The number of carboxylic acids is 1. The van der Waals surface area contributed by atoms with Crippen LogP contribution >= 0.6 is 0 Å². The number of carboxylic acid groups (broad SMARTS) is 1. The van der Waals surface area contributed by atoms with E-state index in [2.05, 4.69) is 13.8 Å². The Labute approximate surface area is 88.4 Å². The predicted molar refractivity (Wildman–Crippen MR) is 58.7 cm³/mol. The van der Waals surface area contributed by atoms with E-state index in [4.69, 9.17) is 5.11 Å². The van der Waals surface area contributed by atoms with Gasteiger partial charge in [-0.3, -0.25) is 9.00 Å². The lowest BCUT2D eigenvalue weighted by molar-refractivity contribution is -0.140. The minimum atomic E-state index is -0.981. The van der Waals surface area contributed by atoms with Crippen molar-refractivity contribution in [1.82, 2.24) is 0 Å². The molecule has 14 heavy (non-hydrogen) atoms. The maximum absolute atomic E-state index is 11.5. The second kappa shape index (κ2) is 6.98. The van der Waals surface area contributed by atoms with Gasteiger partial charge in [0, 0.05) is 22.3 Å². The van der Waals surface area contributed by atoms with E-state index in [1.807, 2.05) is 0 Å². The van der Waals surface area contributed by atoms with Gasteiger partial charge in [0.25, 0.3) is 0 Å². The number of carbonyl (C=O) groups is 1. The molecule has 0 heterocycles.